The molecule has 1 N–H and O–H groups in total. The molecule has 0 saturated carbocycles. The van der Waals surface area contributed by atoms with Crippen LogP contribution in [0.2, 0.25) is 0 Å². The fourth-order valence-corrected chi connectivity index (χ4v) is 3.06. The molecule has 6 nitrogen and oxygen atoms in total. The summed E-state index contributed by atoms with van der Waals surface area (Å²) in [5.41, 5.74) is 0.344. The second kappa shape index (κ2) is 7.35. The number of pyridine rings is 1. The van der Waals surface area contributed by atoms with Gasteiger partial charge in [0, 0.05) is 12.5 Å². The number of anilines is 1. The van der Waals surface area contributed by atoms with Gasteiger partial charge in [-0.25, -0.2) is 14.2 Å². The van der Waals surface area contributed by atoms with Crippen LogP contribution in [0.25, 0.3) is 0 Å². The minimum atomic E-state index is -1.32. The van der Waals surface area contributed by atoms with E-state index >= 15 is 0 Å². The highest BCUT2D eigenvalue weighted by Gasteiger charge is 2.42. The molecule has 1 amide bonds. The maximum absolute atomic E-state index is 12.9. The molecule has 29 heavy (non-hydrogen) atoms. The highest BCUT2D eigenvalue weighted by Crippen LogP contribution is 2.29. The quantitative estimate of drug-likeness (QED) is 0.676. The lowest BCUT2D eigenvalue weighted by Crippen LogP contribution is -2.48. The zero-order valence-electron chi connectivity index (χ0n) is 15.5. The van der Waals surface area contributed by atoms with E-state index in [-0.39, 0.29) is 12.2 Å². The summed E-state index contributed by atoms with van der Waals surface area (Å²) in [6, 6.07) is 15.8. The van der Waals surface area contributed by atoms with Crippen molar-refractivity contribution >= 4 is 17.6 Å². The fraction of sp³-hybridized carbons (Fsp3) is 0.136. The number of ether oxygens (including phenoxy) is 2. The molecule has 0 radical (unpaired) electrons. The Bertz CT molecular complexity index is 1070. The van der Waals surface area contributed by atoms with Gasteiger partial charge in [0.25, 0.3) is 5.91 Å². The molecule has 3 aromatic rings. The number of hydrogen-bond donors (Lipinski definition) is 1. The summed E-state index contributed by atoms with van der Waals surface area (Å²) < 4.78 is 23.9. The normalized spacial score (nSPS) is 17.8. The van der Waals surface area contributed by atoms with Gasteiger partial charge in [-0.15, -0.1) is 0 Å². The minimum Gasteiger partial charge on any atom is -0.445 e. The summed E-state index contributed by atoms with van der Waals surface area (Å²) in [7, 11) is 0. The molecule has 4 rings (SSSR count). The van der Waals surface area contributed by atoms with Crippen molar-refractivity contribution in [1.29, 1.82) is 0 Å². The van der Waals surface area contributed by atoms with Crippen LogP contribution in [0.3, 0.4) is 0 Å². The summed E-state index contributed by atoms with van der Waals surface area (Å²) in [6.45, 7) is 1.58. The average Bonchev–Trinajstić information content (AvgIpc) is 2.71. The Labute approximate surface area is 166 Å². The molecular formula is C22H17FN2O4. The number of esters is 1. The van der Waals surface area contributed by atoms with Crippen LogP contribution in [0.5, 0.6) is 11.6 Å². The number of nitrogens with zero attached hydrogens (tertiary/aromatic N) is 1. The van der Waals surface area contributed by atoms with Gasteiger partial charge >= 0.3 is 5.97 Å². The first kappa shape index (κ1) is 18.6. The Hall–Kier alpha value is -3.74. The van der Waals surface area contributed by atoms with Crippen molar-refractivity contribution < 1.29 is 23.5 Å². The molecule has 1 atom stereocenters. The number of cyclic esters (lactones) is 1. The van der Waals surface area contributed by atoms with Crippen molar-refractivity contribution in [1.82, 2.24) is 4.98 Å². The molecule has 0 aliphatic carbocycles. The molecule has 0 saturated heterocycles. The molecule has 7 heteroatoms. The fourth-order valence-electron chi connectivity index (χ4n) is 3.06. The Morgan fingerprint density at radius 2 is 1.90 bits per heavy atom. The second-order valence-corrected chi connectivity index (χ2v) is 6.85. The lowest BCUT2D eigenvalue weighted by atomic mass is 9.89. The van der Waals surface area contributed by atoms with Crippen LogP contribution >= 0.6 is 0 Å². The van der Waals surface area contributed by atoms with Crippen LogP contribution in [0, 0.1) is 5.82 Å². The van der Waals surface area contributed by atoms with Crippen LogP contribution in [0.1, 0.15) is 22.8 Å². The van der Waals surface area contributed by atoms with Crippen molar-refractivity contribution in [2.45, 2.75) is 18.9 Å². The summed E-state index contributed by atoms with van der Waals surface area (Å²) >= 11 is 0. The Kier molecular flexibility index (Phi) is 4.72. The SMILES string of the molecule is CC1(C(=O)Nc2ccc(Oc3ccc(F)cc3)nc2)Cc2ccccc2C(=O)O1. The van der Waals surface area contributed by atoms with Crippen LogP contribution in [-0.4, -0.2) is 22.5 Å². The maximum atomic E-state index is 12.9. The molecule has 0 bridgehead atoms. The monoisotopic (exact) mass is 392 g/mol. The van der Waals surface area contributed by atoms with E-state index in [9.17, 15) is 14.0 Å². The Balaban J connectivity index is 1.44. The van der Waals surface area contributed by atoms with Crippen molar-refractivity contribution in [2.75, 3.05) is 5.32 Å². The third kappa shape index (κ3) is 3.94. The van der Waals surface area contributed by atoms with E-state index in [1.54, 1.807) is 31.2 Å². The first-order chi connectivity index (χ1) is 13.9. The average molecular weight is 392 g/mol. The van der Waals surface area contributed by atoms with Crippen LogP contribution in [-0.2, 0) is 16.0 Å². The number of hydrogen-bond acceptors (Lipinski definition) is 5. The number of benzene rings is 2. The van der Waals surface area contributed by atoms with E-state index in [1.165, 1.54) is 30.5 Å². The van der Waals surface area contributed by atoms with Gasteiger partial charge in [0.15, 0.2) is 5.60 Å². The standard InChI is InChI=1S/C22H17FN2O4/c1-22(12-14-4-2-3-5-18(14)20(26)29-22)21(27)25-16-8-11-19(24-13-16)28-17-9-6-15(23)7-10-17/h2-11,13H,12H2,1H3,(H,25,27). The molecule has 1 aromatic heterocycles. The lowest BCUT2D eigenvalue weighted by Gasteiger charge is -2.32. The molecule has 2 heterocycles. The number of carbonyl (C=O) groups is 2. The number of rotatable bonds is 4. The van der Waals surface area contributed by atoms with Crippen molar-refractivity contribution in [2.24, 2.45) is 0 Å². The second-order valence-electron chi connectivity index (χ2n) is 6.85. The van der Waals surface area contributed by atoms with Crippen LogP contribution in [0.4, 0.5) is 10.1 Å². The number of nitrogens with one attached hydrogen (secondary N) is 1. The highest BCUT2D eigenvalue weighted by molar-refractivity contribution is 6.02. The van der Waals surface area contributed by atoms with E-state index in [0.717, 1.165) is 5.56 Å². The van der Waals surface area contributed by atoms with Gasteiger partial charge in [-0.1, -0.05) is 18.2 Å². The number of aromatic nitrogens is 1. The summed E-state index contributed by atoms with van der Waals surface area (Å²) in [5, 5.41) is 2.72. The van der Waals surface area contributed by atoms with Crippen molar-refractivity contribution in [3.05, 3.63) is 83.8 Å². The van der Waals surface area contributed by atoms with E-state index in [2.05, 4.69) is 10.3 Å². The van der Waals surface area contributed by atoms with E-state index in [4.69, 9.17) is 9.47 Å². The van der Waals surface area contributed by atoms with E-state index in [1.807, 2.05) is 12.1 Å². The molecule has 1 aliphatic heterocycles. The maximum Gasteiger partial charge on any atom is 0.339 e. The molecule has 2 aromatic carbocycles. The summed E-state index contributed by atoms with van der Waals surface area (Å²) in [5.74, 6) is -0.599. The molecule has 146 valence electrons. The number of amides is 1. The molecule has 1 aliphatic rings. The number of halogens is 1. The van der Waals surface area contributed by atoms with Crippen LogP contribution in [0.15, 0.2) is 66.9 Å². The summed E-state index contributed by atoms with van der Waals surface area (Å²) in [6.07, 6.45) is 1.71. The topological polar surface area (TPSA) is 77.5 Å². The third-order valence-electron chi connectivity index (χ3n) is 4.59. The Morgan fingerprint density at radius 3 is 2.62 bits per heavy atom. The predicted molar refractivity (Wildman–Crippen MR) is 103 cm³/mol. The smallest absolute Gasteiger partial charge is 0.339 e. The van der Waals surface area contributed by atoms with Gasteiger partial charge < -0.3 is 14.8 Å². The summed E-state index contributed by atoms with van der Waals surface area (Å²) in [4.78, 5) is 29.1. The van der Waals surface area contributed by atoms with Crippen molar-refractivity contribution in [3.8, 4) is 11.6 Å². The zero-order valence-corrected chi connectivity index (χ0v) is 15.5. The van der Waals surface area contributed by atoms with Gasteiger partial charge in [0.05, 0.1) is 17.4 Å². The lowest BCUT2D eigenvalue weighted by molar-refractivity contribution is -0.134. The molecular weight excluding hydrogens is 375 g/mol. The minimum absolute atomic E-state index is 0.278. The van der Waals surface area contributed by atoms with Gasteiger partial charge in [-0.2, -0.15) is 0 Å². The predicted octanol–water partition coefficient (Wildman–Crippen LogP) is 4.12. The van der Waals surface area contributed by atoms with Crippen molar-refractivity contribution in [3.63, 3.8) is 0 Å². The molecule has 0 fully saturated rings. The zero-order chi connectivity index (χ0) is 20.4. The van der Waals surface area contributed by atoms with Gasteiger partial charge in [-0.3, -0.25) is 4.79 Å². The molecule has 0 spiro atoms. The van der Waals surface area contributed by atoms with Gasteiger partial charge in [0.2, 0.25) is 5.88 Å². The number of fused-ring (bicyclic) bond motifs is 1. The molecule has 1 unspecified atom stereocenters. The van der Waals surface area contributed by atoms with E-state index < -0.39 is 17.5 Å². The number of carbonyl (C=O) groups excluding carboxylic acids is 2. The first-order valence-corrected chi connectivity index (χ1v) is 8.95. The largest absolute Gasteiger partial charge is 0.445 e. The van der Waals surface area contributed by atoms with Gasteiger partial charge in [-0.05, 0) is 48.9 Å². The first-order valence-electron chi connectivity index (χ1n) is 8.95. The third-order valence-corrected chi connectivity index (χ3v) is 4.59. The van der Waals surface area contributed by atoms with Gasteiger partial charge in [0.1, 0.15) is 11.6 Å². The van der Waals surface area contributed by atoms with E-state index in [0.29, 0.717) is 22.9 Å². The highest BCUT2D eigenvalue weighted by atomic mass is 19.1. The Morgan fingerprint density at radius 1 is 1.14 bits per heavy atom. The van der Waals surface area contributed by atoms with Crippen LogP contribution < -0.4 is 10.1 Å².